The maximum absolute atomic E-state index is 13.9. The third-order valence-corrected chi connectivity index (χ3v) is 5.50. The second-order valence-electron chi connectivity index (χ2n) is 6.88. The standard InChI is InChI=1S/C18H23FN4OS/c1-12-8-13(2)10-23(9-12)16(24)11-25-18-21-20-17(22(18)3)14-6-4-5-7-15(14)19/h4-7,12-13H,8-11H2,1-3H3. The smallest absolute Gasteiger partial charge is 0.233 e. The van der Waals surface area contributed by atoms with E-state index >= 15 is 0 Å². The topological polar surface area (TPSA) is 51.0 Å². The summed E-state index contributed by atoms with van der Waals surface area (Å²) in [6.45, 7) is 6.02. The van der Waals surface area contributed by atoms with Crippen LogP contribution in [-0.2, 0) is 11.8 Å². The Labute approximate surface area is 151 Å². The number of aromatic nitrogens is 3. The van der Waals surface area contributed by atoms with Gasteiger partial charge in [-0.1, -0.05) is 37.7 Å². The summed E-state index contributed by atoms with van der Waals surface area (Å²) in [5, 5.41) is 8.82. The van der Waals surface area contributed by atoms with Gasteiger partial charge in [0.1, 0.15) is 5.82 Å². The Kier molecular flexibility index (Phi) is 5.42. The van der Waals surface area contributed by atoms with Crippen molar-refractivity contribution in [1.29, 1.82) is 0 Å². The van der Waals surface area contributed by atoms with Gasteiger partial charge in [-0.25, -0.2) is 4.39 Å². The third kappa shape index (κ3) is 4.03. The van der Waals surface area contributed by atoms with E-state index in [1.165, 1.54) is 24.2 Å². The van der Waals surface area contributed by atoms with Crippen LogP contribution < -0.4 is 0 Å². The molecule has 1 aromatic heterocycles. The first kappa shape index (κ1) is 17.9. The SMILES string of the molecule is CC1CC(C)CN(C(=O)CSc2nnc(-c3ccccc3F)n2C)C1. The van der Waals surface area contributed by atoms with Gasteiger partial charge in [0, 0.05) is 20.1 Å². The first-order valence-electron chi connectivity index (χ1n) is 8.50. The fourth-order valence-corrected chi connectivity index (χ4v) is 4.22. The minimum atomic E-state index is -0.332. The molecule has 5 nitrogen and oxygen atoms in total. The van der Waals surface area contributed by atoms with E-state index in [-0.39, 0.29) is 11.7 Å². The molecule has 2 atom stereocenters. The molecule has 7 heteroatoms. The molecule has 2 aromatic rings. The number of amides is 1. The van der Waals surface area contributed by atoms with E-state index in [0.717, 1.165) is 13.1 Å². The van der Waals surface area contributed by atoms with Gasteiger partial charge < -0.3 is 9.47 Å². The van der Waals surface area contributed by atoms with Gasteiger partial charge in [0.05, 0.1) is 11.3 Å². The van der Waals surface area contributed by atoms with E-state index < -0.39 is 0 Å². The van der Waals surface area contributed by atoms with Gasteiger partial charge in [0.2, 0.25) is 5.91 Å². The lowest BCUT2D eigenvalue weighted by molar-refractivity contribution is -0.130. The summed E-state index contributed by atoms with van der Waals surface area (Å²) in [5.41, 5.74) is 0.411. The average Bonchev–Trinajstić information content (AvgIpc) is 2.93. The van der Waals surface area contributed by atoms with Crippen molar-refractivity contribution in [1.82, 2.24) is 19.7 Å². The highest BCUT2D eigenvalue weighted by Gasteiger charge is 2.25. The highest BCUT2D eigenvalue weighted by molar-refractivity contribution is 7.99. The third-order valence-electron chi connectivity index (χ3n) is 4.50. The van der Waals surface area contributed by atoms with Crippen LogP contribution in [0.1, 0.15) is 20.3 Å². The molecule has 1 aliphatic heterocycles. The van der Waals surface area contributed by atoms with Crippen molar-refractivity contribution in [2.45, 2.75) is 25.4 Å². The van der Waals surface area contributed by atoms with Crippen LogP contribution in [0.15, 0.2) is 29.4 Å². The summed E-state index contributed by atoms with van der Waals surface area (Å²) < 4.78 is 15.7. The largest absolute Gasteiger partial charge is 0.341 e. The Bertz CT molecular complexity index is 753. The molecule has 0 saturated carbocycles. The molecule has 0 bridgehead atoms. The second-order valence-corrected chi connectivity index (χ2v) is 7.82. The number of thioether (sulfide) groups is 1. The lowest BCUT2D eigenvalue weighted by Gasteiger charge is -2.34. The van der Waals surface area contributed by atoms with Gasteiger partial charge in [-0.3, -0.25) is 4.79 Å². The number of piperidine rings is 1. The minimum absolute atomic E-state index is 0.124. The number of carbonyl (C=O) groups excluding carboxylic acids is 1. The Morgan fingerprint density at radius 2 is 1.92 bits per heavy atom. The minimum Gasteiger partial charge on any atom is -0.341 e. The van der Waals surface area contributed by atoms with Crippen molar-refractivity contribution in [3.63, 3.8) is 0 Å². The maximum Gasteiger partial charge on any atom is 0.233 e. The molecule has 1 fully saturated rings. The molecule has 2 heterocycles. The van der Waals surface area contributed by atoms with Crippen LogP contribution in [0.5, 0.6) is 0 Å². The Morgan fingerprint density at radius 3 is 2.60 bits per heavy atom. The zero-order valence-electron chi connectivity index (χ0n) is 14.8. The van der Waals surface area contributed by atoms with Gasteiger partial charge in [0.15, 0.2) is 11.0 Å². The van der Waals surface area contributed by atoms with E-state index in [9.17, 15) is 9.18 Å². The molecule has 25 heavy (non-hydrogen) atoms. The average molecular weight is 362 g/mol. The molecule has 1 saturated heterocycles. The number of likely N-dealkylation sites (tertiary alicyclic amines) is 1. The summed E-state index contributed by atoms with van der Waals surface area (Å²) in [4.78, 5) is 14.4. The van der Waals surface area contributed by atoms with Gasteiger partial charge in [-0.05, 0) is 30.4 Å². The summed E-state index contributed by atoms with van der Waals surface area (Å²) in [6, 6.07) is 6.49. The molecular weight excluding hydrogens is 339 g/mol. The molecular formula is C18H23FN4OS. The van der Waals surface area contributed by atoms with Gasteiger partial charge in [0.25, 0.3) is 0 Å². The van der Waals surface area contributed by atoms with Crippen LogP contribution in [0.4, 0.5) is 4.39 Å². The van der Waals surface area contributed by atoms with Crippen LogP contribution in [0, 0.1) is 17.7 Å². The Hall–Kier alpha value is -1.89. The molecule has 0 N–H and O–H groups in total. The van der Waals surface area contributed by atoms with E-state index in [4.69, 9.17) is 0 Å². The number of nitrogens with zero attached hydrogens (tertiary/aromatic N) is 4. The van der Waals surface area contributed by atoms with E-state index in [2.05, 4.69) is 24.0 Å². The van der Waals surface area contributed by atoms with Crippen LogP contribution in [-0.4, -0.2) is 44.4 Å². The molecule has 134 valence electrons. The lowest BCUT2D eigenvalue weighted by Crippen LogP contribution is -2.43. The van der Waals surface area contributed by atoms with Crippen molar-refractivity contribution in [2.75, 3.05) is 18.8 Å². The van der Waals surface area contributed by atoms with E-state index in [1.54, 1.807) is 29.8 Å². The number of carbonyl (C=O) groups is 1. The number of benzene rings is 1. The van der Waals surface area contributed by atoms with Crippen LogP contribution in [0.3, 0.4) is 0 Å². The monoisotopic (exact) mass is 362 g/mol. The molecule has 3 rings (SSSR count). The Morgan fingerprint density at radius 1 is 1.24 bits per heavy atom. The van der Waals surface area contributed by atoms with Gasteiger partial charge in [-0.2, -0.15) is 0 Å². The fraction of sp³-hybridized carbons (Fsp3) is 0.500. The number of rotatable bonds is 4. The predicted molar refractivity (Wildman–Crippen MR) is 96.6 cm³/mol. The summed E-state index contributed by atoms with van der Waals surface area (Å²) in [5.74, 6) is 1.66. The predicted octanol–water partition coefficient (Wildman–Crippen LogP) is 3.22. The zero-order valence-corrected chi connectivity index (χ0v) is 15.6. The van der Waals surface area contributed by atoms with Crippen molar-refractivity contribution in [3.8, 4) is 11.4 Å². The summed E-state index contributed by atoms with van der Waals surface area (Å²) in [6.07, 6.45) is 1.17. The highest BCUT2D eigenvalue weighted by atomic mass is 32.2. The summed E-state index contributed by atoms with van der Waals surface area (Å²) >= 11 is 1.35. The van der Waals surface area contributed by atoms with E-state index in [1.807, 2.05) is 4.90 Å². The first-order valence-corrected chi connectivity index (χ1v) is 9.49. The molecule has 1 amide bonds. The Balaban J connectivity index is 1.66. The van der Waals surface area contributed by atoms with Crippen molar-refractivity contribution in [3.05, 3.63) is 30.1 Å². The van der Waals surface area contributed by atoms with Crippen molar-refractivity contribution < 1.29 is 9.18 Å². The van der Waals surface area contributed by atoms with E-state index in [0.29, 0.717) is 34.1 Å². The molecule has 1 aliphatic rings. The molecule has 2 unspecified atom stereocenters. The normalized spacial score (nSPS) is 20.7. The zero-order chi connectivity index (χ0) is 18.0. The molecule has 0 radical (unpaired) electrons. The van der Waals surface area contributed by atoms with Crippen molar-refractivity contribution >= 4 is 17.7 Å². The molecule has 0 aliphatic carbocycles. The fourth-order valence-electron chi connectivity index (χ4n) is 3.40. The summed E-state index contributed by atoms with van der Waals surface area (Å²) in [7, 11) is 1.79. The number of hydrogen-bond donors (Lipinski definition) is 0. The maximum atomic E-state index is 13.9. The second kappa shape index (κ2) is 7.56. The lowest BCUT2D eigenvalue weighted by atomic mass is 9.92. The van der Waals surface area contributed by atoms with Crippen LogP contribution in [0.25, 0.3) is 11.4 Å². The van der Waals surface area contributed by atoms with Crippen LogP contribution in [0.2, 0.25) is 0 Å². The molecule has 1 aromatic carbocycles. The molecule has 0 spiro atoms. The first-order chi connectivity index (χ1) is 12.0. The van der Waals surface area contributed by atoms with Gasteiger partial charge in [-0.15, -0.1) is 10.2 Å². The quantitative estimate of drug-likeness (QED) is 0.784. The number of hydrogen-bond acceptors (Lipinski definition) is 4. The highest BCUT2D eigenvalue weighted by Crippen LogP contribution is 2.26. The number of halogens is 1. The van der Waals surface area contributed by atoms with Crippen LogP contribution >= 0.6 is 11.8 Å². The van der Waals surface area contributed by atoms with Crippen molar-refractivity contribution in [2.24, 2.45) is 18.9 Å². The van der Waals surface area contributed by atoms with Gasteiger partial charge >= 0.3 is 0 Å².